The molecule has 1 aliphatic rings. The third kappa shape index (κ3) is 3.90. The summed E-state index contributed by atoms with van der Waals surface area (Å²) in [6.45, 7) is 3.13. The summed E-state index contributed by atoms with van der Waals surface area (Å²) in [4.78, 5) is 25.5. The van der Waals surface area contributed by atoms with Crippen molar-refractivity contribution in [2.75, 3.05) is 19.7 Å². The number of carbonyl (C=O) groups excluding carboxylic acids is 2. The molecular formula is C16H20N2O3S. The molecule has 0 atom stereocenters. The molecule has 0 aromatic heterocycles. The molecule has 2 N–H and O–H groups in total. The van der Waals surface area contributed by atoms with Crippen molar-refractivity contribution < 1.29 is 14.3 Å². The maximum absolute atomic E-state index is 12.1. The summed E-state index contributed by atoms with van der Waals surface area (Å²) in [7, 11) is 0. The highest BCUT2D eigenvalue weighted by Crippen LogP contribution is 2.31. The van der Waals surface area contributed by atoms with E-state index in [9.17, 15) is 9.59 Å². The molecule has 1 aromatic carbocycles. The Kier molecular flexibility index (Phi) is 6.03. The van der Waals surface area contributed by atoms with Crippen molar-refractivity contribution in [1.29, 1.82) is 0 Å². The van der Waals surface area contributed by atoms with Crippen molar-refractivity contribution in [3.8, 4) is 5.75 Å². The van der Waals surface area contributed by atoms with Gasteiger partial charge in [0, 0.05) is 13.1 Å². The van der Waals surface area contributed by atoms with Crippen molar-refractivity contribution in [2.24, 2.45) is 5.73 Å². The average molecular weight is 320 g/mol. The van der Waals surface area contributed by atoms with Crippen molar-refractivity contribution in [1.82, 2.24) is 4.90 Å². The Hall–Kier alpha value is -1.79. The number of aryl methyl sites for hydroxylation is 1. The summed E-state index contributed by atoms with van der Waals surface area (Å²) in [5, 5.41) is -0.239. The molecular weight excluding hydrogens is 300 g/mol. The Morgan fingerprint density at radius 1 is 1.32 bits per heavy atom. The zero-order valence-corrected chi connectivity index (χ0v) is 13.4. The van der Waals surface area contributed by atoms with Gasteiger partial charge in [-0.25, -0.2) is 0 Å². The first-order valence-corrected chi connectivity index (χ1v) is 8.13. The number of ether oxygens (including phenoxy) is 1. The fraction of sp³-hybridized carbons (Fsp3) is 0.375. The first-order chi connectivity index (χ1) is 10.7. The first kappa shape index (κ1) is 16.6. The maximum atomic E-state index is 12.1. The zero-order chi connectivity index (χ0) is 15.9. The molecule has 1 aromatic rings. The molecule has 0 aliphatic carbocycles. The quantitative estimate of drug-likeness (QED) is 0.782. The molecule has 0 bridgehead atoms. The van der Waals surface area contributed by atoms with Gasteiger partial charge in [0.25, 0.3) is 11.1 Å². The molecule has 2 amide bonds. The minimum Gasteiger partial charge on any atom is -0.494 e. The van der Waals surface area contributed by atoms with Crippen LogP contribution in [0.25, 0.3) is 0 Å². The molecule has 0 unspecified atom stereocenters. The predicted molar refractivity (Wildman–Crippen MR) is 87.8 cm³/mol. The summed E-state index contributed by atoms with van der Waals surface area (Å²) >= 11 is 0.983. The van der Waals surface area contributed by atoms with Crippen LogP contribution in [0.2, 0.25) is 0 Å². The second-order valence-electron chi connectivity index (χ2n) is 4.76. The normalized spacial score (nSPS) is 16.6. The number of nitrogens with zero attached hydrogens (tertiary/aromatic N) is 1. The molecule has 0 saturated carbocycles. The maximum Gasteiger partial charge on any atom is 0.293 e. The third-order valence-electron chi connectivity index (χ3n) is 3.24. The van der Waals surface area contributed by atoms with E-state index in [4.69, 9.17) is 10.5 Å². The van der Waals surface area contributed by atoms with Gasteiger partial charge in [-0.1, -0.05) is 24.3 Å². The Balaban J connectivity index is 1.99. The van der Waals surface area contributed by atoms with Gasteiger partial charge >= 0.3 is 0 Å². The van der Waals surface area contributed by atoms with Crippen LogP contribution in [0.3, 0.4) is 0 Å². The van der Waals surface area contributed by atoms with Gasteiger partial charge in [0.2, 0.25) is 0 Å². The van der Waals surface area contributed by atoms with Crippen molar-refractivity contribution >= 4 is 22.9 Å². The van der Waals surface area contributed by atoms with E-state index in [-0.39, 0.29) is 24.2 Å². The fourth-order valence-corrected chi connectivity index (χ4v) is 3.10. The summed E-state index contributed by atoms with van der Waals surface area (Å²) in [6.07, 6.45) is 3.27. The minimum absolute atomic E-state index is 0.237. The number of hydrogen-bond donors (Lipinski definition) is 1. The van der Waals surface area contributed by atoms with Crippen LogP contribution in [-0.2, 0) is 11.2 Å². The van der Waals surface area contributed by atoms with Gasteiger partial charge in [0.15, 0.2) is 0 Å². The molecule has 5 nitrogen and oxygen atoms in total. The Bertz CT molecular complexity index is 587. The van der Waals surface area contributed by atoms with E-state index >= 15 is 0 Å². The second-order valence-corrected chi connectivity index (χ2v) is 5.75. The second kappa shape index (κ2) is 8.00. The molecule has 1 aliphatic heterocycles. The van der Waals surface area contributed by atoms with Crippen molar-refractivity contribution in [3.63, 3.8) is 0 Å². The highest BCUT2D eigenvalue weighted by atomic mass is 32.2. The fourth-order valence-electron chi connectivity index (χ4n) is 2.23. The number of rotatable bonds is 7. The number of benzene rings is 1. The Labute approximate surface area is 134 Å². The highest BCUT2D eigenvalue weighted by Gasteiger charge is 2.33. The number of amides is 2. The van der Waals surface area contributed by atoms with Gasteiger partial charge in [0.1, 0.15) is 5.75 Å². The number of allylic oxidation sites excluding steroid dienone is 1. The largest absolute Gasteiger partial charge is 0.494 e. The van der Waals surface area contributed by atoms with E-state index in [0.717, 1.165) is 29.5 Å². The topological polar surface area (TPSA) is 72.6 Å². The molecule has 2 rings (SSSR count). The van der Waals surface area contributed by atoms with Gasteiger partial charge in [-0.05, 0) is 43.2 Å². The number of imide groups is 1. The SMILES string of the molecule is CCOc1ccccc1CCC=C1SC(=O)N(CCN)C1=O. The molecule has 1 fully saturated rings. The van der Waals surface area contributed by atoms with Gasteiger partial charge in [-0.15, -0.1) is 0 Å². The summed E-state index contributed by atoms with van der Waals surface area (Å²) in [5.74, 6) is 0.633. The number of thioether (sulfide) groups is 1. The molecule has 22 heavy (non-hydrogen) atoms. The van der Waals surface area contributed by atoms with Crippen LogP contribution >= 0.6 is 11.8 Å². The molecule has 0 radical (unpaired) electrons. The van der Waals surface area contributed by atoms with Gasteiger partial charge < -0.3 is 10.5 Å². The van der Waals surface area contributed by atoms with Crippen LogP contribution in [0.15, 0.2) is 35.2 Å². The lowest BCUT2D eigenvalue weighted by atomic mass is 10.1. The van der Waals surface area contributed by atoms with Crippen LogP contribution in [0.1, 0.15) is 18.9 Å². The lowest BCUT2D eigenvalue weighted by Gasteiger charge is -2.09. The van der Waals surface area contributed by atoms with E-state index in [0.29, 0.717) is 17.9 Å². The van der Waals surface area contributed by atoms with Crippen molar-refractivity contribution in [2.45, 2.75) is 19.8 Å². The highest BCUT2D eigenvalue weighted by molar-refractivity contribution is 8.18. The molecule has 6 heteroatoms. The van der Waals surface area contributed by atoms with E-state index in [1.807, 2.05) is 37.3 Å². The van der Waals surface area contributed by atoms with E-state index in [2.05, 4.69) is 0 Å². The van der Waals surface area contributed by atoms with Crippen LogP contribution in [0.4, 0.5) is 4.79 Å². The van der Waals surface area contributed by atoms with Crippen LogP contribution in [0, 0.1) is 0 Å². The number of para-hydroxylation sites is 1. The molecule has 1 heterocycles. The van der Waals surface area contributed by atoms with E-state index in [1.54, 1.807) is 0 Å². The van der Waals surface area contributed by atoms with Crippen LogP contribution < -0.4 is 10.5 Å². The smallest absolute Gasteiger partial charge is 0.293 e. The molecule has 118 valence electrons. The predicted octanol–water partition coefficient (Wildman–Crippen LogP) is 2.56. The van der Waals surface area contributed by atoms with Gasteiger partial charge in [0.05, 0.1) is 11.5 Å². The van der Waals surface area contributed by atoms with Gasteiger partial charge in [-0.2, -0.15) is 0 Å². The first-order valence-electron chi connectivity index (χ1n) is 7.32. The van der Waals surface area contributed by atoms with E-state index < -0.39 is 0 Å². The van der Waals surface area contributed by atoms with Crippen molar-refractivity contribution in [3.05, 3.63) is 40.8 Å². The standard InChI is InChI=1S/C16H20N2O3S/c1-2-21-13-8-4-3-6-12(13)7-5-9-14-15(19)18(11-10-17)16(20)22-14/h3-4,6,8-9H,2,5,7,10-11,17H2,1H3. The molecule has 1 saturated heterocycles. The number of nitrogens with two attached hydrogens (primary N) is 1. The Morgan fingerprint density at radius 3 is 2.82 bits per heavy atom. The van der Waals surface area contributed by atoms with Gasteiger partial charge in [-0.3, -0.25) is 14.5 Å². The van der Waals surface area contributed by atoms with E-state index in [1.165, 1.54) is 4.90 Å². The van der Waals surface area contributed by atoms with Crippen LogP contribution in [0.5, 0.6) is 5.75 Å². The third-order valence-corrected chi connectivity index (χ3v) is 4.20. The van der Waals surface area contributed by atoms with Crippen LogP contribution in [-0.4, -0.2) is 35.7 Å². The number of carbonyl (C=O) groups is 2. The zero-order valence-electron chi connectivity index (χ0n) is 12.6. The minimum atomic E-state index is -0.239. The molecule has 0 spiro atoms. The summed E-state index contributed by atoms with van der Waals surface area (Å²) in [5.41, 5.74) is 6.51. The lowest BCUT2D eigenvalue weighted by Crippen LogP contribution is -2.33. The number of hydrogen-bond acceptors (Lipinski definition) is 5. The average Bonchev–Trinajstić information content (AvgIpc) is 2.77. The monoisotopic (exact) mass is 320 g/mol. The summed E-state index contributed by atoms with van der Waals surface area (Å²) in [6, 6.07) is 7.85. The summed E-state index contributed by atoms with van der Waals surface area (Å²) < 4.78 is 5.58. The lowest BCUT2D eigenvalue weighted by molar-refractivity contribution is -0.122. The Morgan fingerprint density at radius 2 is 2.09 bits per heavy atom.